The van der Waals surface area contributed by atoms with E-state index in [1.165, 1.54) is 16.8 Å². The van der Waals surface area contributed by atoms with Crippen LogP contribution in [0.25, 0.3) is 16.7 Å². The zero-order valence-corrected chi connectivity index (χ0v) is 25.4. The van der Waals surface area contributed by atoms with Crippen LogP contribution in [0.3, 0.4) is 0 Å². The van der Waals surface area contributed by atoms with E-state index in [1.54, 1.807) is 30.7 Å². The Labute approximate surface area is 257 Å². The summed E-state index contributed by atoms with van der Waals surface area (Å²) >= 11 is 13.0. The lowest BCUT2D eigenvalue weighted by molar-refractivity contribution is 0.0695. The Bertz CT molecular complexity index is 1760. The molecule has 1 atom stereocenters. The Hall–Kier alpha value is -4.00. The number of carboxylic acids is 1. The first-order chi connectivity index (χ1) is 20.6. The van der Waals surface area contributed by atoms with Crippen molar-refractivity contribution in [2.24, 2.45) is 0 Å². The number of fused-ring (bicyclic) bond motifs is 1. The van der Waals surface area contributed by atoms with Crippen molar-refractivity contribution in [2.45, 2.75) is 31.3 Å². The fourth-order valence-electron chi connectivity index (χ4n) is 5.54. The first kappa shape index (κ1) is 29.1. The van der Waals surface area contributed by atoms with Crippen LogP contribution < -0.4 is 20.0 Å². The third kappa shape index (κ3) is 5.34. The number of hydrogen-bond acceptors (Lipinski definition) is 10. The number of carbonyl (C=O) groups is 1. The number of rotatable bonds is 8. The maximum atomic E-state index is 13.2. The first-order valence-electron chi connectivity index (χ1n) is 13.8. The molecule has 0 unspecified atom stereocenters. The number of likely N-dealkylation sites (N-methyl/N-ethyl adjacent to an activating group) is 1. The van der Waals surface area contributed by atoms with E-state index in [4.69, 9.17) is 32.9 Å². The molecule has 6 rings (SSSR count). The van der Waals surface area contributed by atoms with Crippen LogP contribution in [0, 0.1) is 0 Å². The van der Waals surface area contributed by atoms with Crippen LogP contribution >= 0.6 is 23.2 Å². The molecule has 2 fully saturated rings. The third-order valence-electron chi connectivity index (χ3n) is 8.17. The van der Waals surface area contributed by atoms with Crippen LogP contribution in [0.5, 0.6) is 5.88 Å². The molecule has 0 amide bonds. The van der Waals surface area contributed by atoms with E-state index in [0.717, 1.165) is 25.9 Å². The van der Waals surface area contributed by atoms with Gasteiger partial charge in [0.1, 0.15) is 23.0 Å². The first-order valence-corrected chi connectivity index (χ1v) is 14.6. The van der Waals surface area contributed by atoms with Crippen LogP contribution in [0.1, 0.15) is 30.1 Å². The van der Waals surface area contributed by atoms with Crippen LogP contribution in [0.15, 0.2) is 47.8 Å². The highest BCUT2D eigenvalue weighted by molar-refractivity contribution is 6.33. The topological polar surface area (TPSA) is 130 Å². The second-order valence-electron chi connectivity index (χ2n) is 11.3. The summed E-state index contributed by atoms with van der Waals surface area (Å²) in [5.41, 5.74) is -0.899. The summed E-state index contributed by atoms with van der Waals surface area (Å²) in [7, 11) is 4.07. The van der Waals surface area contributed by atoms with Crippen molar-refractivity contribution < 1.29 is 14.6 Å². The molecular weight excluding hydrogens is 595 g/mol. The molecule has 0 aromatic carbocycles. The fraction of sp³-hybridized carbons (Fsp3) is 0.379. The maximum Gasteiger partial charge on any atom is 0.341 e. The predicted molar refractivity (Wildman–Crippen MR) is 164 cm³/mol. The van der Waals surface area contributed by atoms with Gasteiger partial charge in [0.05, 0.1) is 34.0 Å². The Morgan fingerprint density at radius 2 is 1.93 bits per heavy atom. The smallest absolute Gasteiger partial charge is 0.341 e. The number of nitrogens with zero attached hydrogens (tertiary/aromatic N) is 8. The second-order valence-corrected chi connectivity index (χ2v) is 12.1. The van der Waals surface area contributed by atoms with Crippen molar-refractivity contribution >= 4 is 52.0 Å². The minimum atomic E-state index is -1.36. The molecular formula is C29H30Cl2N8O4. The van der Waals surface area contributed by atoms with E-state index in [0.29, 0.717) is 40.9 Å². The number of anilines is 2. The number of pyridine rings is 3. The monoisotopic (exact) mass is 624 g/mol. The molecule has 0 aliphatic carbocycles. The molecule has 0 saturated carbocycles. The van der Waals surface area contributed by atoms with Crippen LogP contribution in [0.2, 0.25) is 10.0 Å². The average Bonchev–Trinajstić information content (AvgIpc) is 3.33. The van der Waals surface area contributed by atoms with Gasteiger partial charge in [-0.3, -0.25) is 9.36 Å². The molecule has 224 valence electrons. The number of aromatic carboxylic acids is 1. The van der Waals surface area contributed by atoms with E-state index < -0.39 is 22.5 Å². The molecule has 6 heterocycles. The van der Waals surface area contributed by atoms with Crippen molar-refractivity contribution in [3.63, 3.8) is 0 Å². The molecule has 0 spiro atoms. The standard InChI is InChI=1S/C29H30Cl2N8O4/c1-29(16-43-26-21(30)6-4-8-32-26)7-5-9-39(29)25-22(31)10-19-23(40)20(27(41)42)15-38(24(19)35-25)17-11-33-28(34-12-17)37-13-18(14-37)36(2)3/h4,6,8,10-12,15,18H,5,7,9,13-14,16H2,1-3H3,(H,41,42)/t29-/m1/s1. The van der Waals surface area contributed by atoms with Crippen molar-refractivity contribution in [1.82, 2.24) is 29.4 Å². The Kier molecular flexibility index (Phi) is 7.61. The minimum Gasteiger partial charge on any atom is -0.477 e. The third-order valence-corrected chi connectivity index (χ3v) is 8.74. The van der Waals surface area contributed by atoms with Gasteiger partial charge < -0.3 is 24.5 Å². The van der Waals surface area contributed by atoms with Gasteiger partial charge in [-0.1, -0.05) is 23.2 Å². The summed E-state index contributed by atoms with van der Waals surface area (Å²) in [4.78, 5) is 49.7. The molecule has 2 saturated heterocycles. The van der Waals surface area contributed by atoms with Crippen LogP contribution in [-0.4, -0.2) is 92.4 Å². The minimum absolute atomic E-state index is 0.0757. The lowest BCUT2D eigenvalue weighted by Crippen LogP contribution is -2.58. The van der Waals surface area contributed by atoms with Crippen LogP contribution in [0.4, 0.5) is 11.8 Å². The molecule has 4 aromatic rings. The molecule has 0 radical (unpaired) electrons. The highest BCUT2D eigenvalue weighted by Gasteiger charge is 2.40. The fourth-order valence-corrected chi connectivity index (χ4v) is 5.97. The van der Waals surface area contributed by atoms with Crippen LogP contribution in [-0.2, 0) is 0 Å². The Morgan fingerprint density at radius 1 is 1.19 bits per heavy atom. The van der Waals surface area contributed by atoms with Gasteiger partial charge in [-0.25, -0.2) is 24.7 Å². The number of aromatic nitrogens is 5. The quantitative estimate of drug-likeness (QED) is 0.307. The van der Waals surface area contributed by atoms with E-state index in [-0.39, 0.29) is 22.7 Å². The van der Waals surface area contributed by atoms with Gasteiger partial charge >= 0.3 is 5.97 Å². The number of hydrogen-bond donors (Lipinski definition) is 1. The summed E-state index contributed by atoms with van der Waals surface area (Å²) in [6.45, 7) is 4.58. The molecule has 2 aliphatic rings. The number of carboxylic acid groups (broad SMARTS) is 1. The SMILES string of the molecule is CN(C)C1CN(c2ncc(-n3cc(C(=O)O)c(=O)c4cc(Cl)c(N5CCC[C@]5(C)COc5ncccc5Cl)nc43)cn2)C1. The average molecular weight is 626 g/mol. The highest BCUT2D eigenvalue weighted by atomic mass is 35.5. The van der Waals surface area contributed by atoms with Gasteiger partial charge in [-0.2, -0.15) is 0 Å². The second kappa shape index (κ2) is 11.3. The lowest BCUT2D eigenvalue weighted by atomic mass is 10.00. The Balaban J connectivity index is 1.39. The van der Waals surface area contributed by atoms with E-state index >= 15 is 0 Å². The number of halogens is 2. The summed E-state index contributed by atoms with van der Waals surface area (Å²) in [6, 6.07) is 5.36. The molecule has 0 bridgehead atoms. The van der Waals surface area contributed by atoms with E-state index in [9.17, 15) is 14.7 Å². The summed E-state index contributed by atoms with van der Waals surface area (Å²) < 4.78 is 7.55. The largest absolute Gasteiger partial charge is 0.477 e. The van der Waals surface area contributed by atoms with Crippen molar-refractivity contribution in [2.75, 3.05) is 50.1 Å². The molecule has 4 aromatic heterocycles. The zero-order chi connectivity index (χ0) is 30.5. The molecule has 14 heteroatoms. The van der Waals surface area contributed by atoms with Gasteiger partial charge in [-0.15, -0.1) is 0 Å². The molecule has 12 nitrogen and oxygen atoms in total. The lowest BCUT2D eigenvalue weighted by Gasteiger charge is -2.42. The van der Waals surface area contributed by atoms with E-state index in [1.807, 2.05) is 21.0 Å². The van der Waals surface area contributed by atoms with Gasteiger partial charge in [-0.05, 0) is 52.1 Å². The van der Waals surface area contributed by atoms with Gasteiger partial charge in [0, 0.05) is 38.1 Å². The number of ether oxygens (including phenoxy) is 1. The van der Waals surface area contributed by atoms with E-state index in [2.05, 4.69) is 29.7 Å². The van der Waals surface area contributed by atoms with Gasteiger partial charge in [0.15, 0.2) is 5.65 Å². The highest BCUT2D eigenvalue weighted by Crippen LogP contribution is 2.38. The molecule has 1 N–H and O–H groups in total. The molecule has 2 aliphatic heterocycles. The zero-order valence-electron chi connectivity index (χ0n) is 23.9. The summed E-state index contributed by atoms with van der Waals surface area (Å²) in [5, 5.41) is 10.5. The van der Waals surface area contributed by atoms with Gasteiger partial charge in [0.2, 0.25) is 17.3 Å². The maximum absolute atomic E-state index is 13.2. The van der Waals surface area contributed by atoms with Crippen molar-refractivity contribution in [3.05, 3.63) is 68.8 Å². The predicted octanol–water partition coefficient (Wildman–Crippen LogP) is 3.76. The van der Waals surface area contributed by atoms with Crippen molar-refractivity contribution in [3.8, 4) is 11.6 Å². The summed E-state index contributed by atoms with van der Waals surface area (Å²) in [5.74, 6) is 0.00653. The summed E-state index contributed by atoms with van der Waals surface area (Å²) in [6.07, 6.45) is 7.72. The van der Waals surface area contributed by atoms with Crippen molar-refractivity contribution in [1.29, 1.82) is 0 Å². The van der Waals surface area contributed by atoms with Gasteiger partial charge in [0.25, 0.3) is 0 Å². The molecule has 43 heavy (non-hydrogen) atoms. The Morgan fingerprint density at radius 3 is 2.60 bits per heavy atom. The normalized spacial score (nSPS) is 18.8.